The Kier molecular flexibility index (Phi) is 27.0. The van der Waals surface area contributed by atoms with Gasteiger partial charge in [0.15, 0.2) is 0 Å². The van der Waals surface area contributed by atoms with Crippen molar-refractivity contribution in [1.82, 2.24) is 5.32 Å². The van der Waals surface area contributed by atoms with Gasteiger partial charge in [-0.25, -0.2) is 14.4 Å². The molecule has 5 atom stereocenters. The number of amides is 1. The molecule has 0 spiro atoms. The summed E-state index contributed by atoms with van der Waals surface area (Å²) in [5.41, 5.74) is 0.959. The van der Waals surface area contributed by atoms with Gasteiger partial charge < -0.3 is 48.3 Å². The summed E-state index contributed by atoms with van der Waals surface area (Å²) >= 11 is 0. The van der Waals surface area contributed by atoms with Gasteiger partial charge in [0.05, 0.1) is 39.6 Å². The smallest absolute Gasteiger partial charge is 0.434 e. The number of benzene rings is 1. The van der Waals surface area contributed by atoms with Gasteiger partial charge >= 0.3 is 18.5 Å². The zero-order valence-electron chi connectivity index (χ0n) is 35.3. The molecule has 1 aromatic carbocycles. The third-order valence-electron chi connectivity index (χ3n) is 9.31. The van der Waals surface area contributed by atoms with Gasteiger partial charge in [-0.05, 0) is 89.2 Å². The van der Waals surface area contributed by atoms with Crippen LogP contribution in [0.3, 0.4) is 0 Å². The maximum Gasteiger partial charge on any atom is 0.508 e. The predicted octanol–water partition coefficient (Wildman–Crippen LogP) is 6.60. The summed E-state index contributed by atoms with van der Waals surface area (Å²) in [6.45, 7) is 1.47. The number of carbonyl (C=O) groups excluding carboxylic acids is 4. The minimum absolute atomic E-state index is 0.00000560. The fraction of sp³-hybridized carbons (Fsp3) is 0.650. The van der Waals surface area contributed by atoms with Gasteiger partial charge in [0.25, 0.3) is 15.3 Å². The maximum atomic E-state index is 13.0. The monoisotopic (exact) mass is 898 g/mol. The van der Waals surface area contributed by atoms with Crippen LogP contribution in [0.25, 0.3) is 0 Å². The molecule has 63 heavy (non-hydrogen) atoms. The van der Waals surface area contributed by atoms with E-state index in [0.717, 1.165) is 5.56 Å². The van der Waals surface area contributed by atoms with E-state index in [2.05, 4.69) is 19.8 Å². The van der Waals surface area contributed by atoms with E-state index in [1.807, 2.05) is 49.4 Å². The number of nitrogens with one attached hydrogen (secondary N) is 1. The molecule has 2 rings (SSSR count). The highest BCUT2D eigenvalue weighted by molar-refractivity contribution is 5.75. The molecular formula is C40H58N4O19. The third-order valence-corrected chi connectivity index (χ3v) is 9.31. The second-order valence-electron chi connectivity index (χ2n) is 14.0. The lowest BCUT2D eigenvalue weighted by atomic mass is 9.89. The molecule has 0 aromatic heterocycles. The average Bonchev–Trinajstić information content (AvgIpc) is 3.54. The molecule has 1 saturated carbocycles. The van der Waals surface area contributed by atoms with E-state index in [1.54, 1.807) is 12.2 Å². The Bertz CT molecular complexity index is 1600. The van der Waals surface area contributed by atoms with E-state index in [4.69, 9.17) is 28.4 Å². The first-order valence-electron chi connectivity index (χ1n) is 20.8. The molecule has 352 valence electrons. The van der Waals surface area contributed by atoms with Crippen molar-refractivity contribution < 1.29 is 77.4 Å². The van der Waals surface area contributed by atoms with Crippen molar-refractivity contribution in [1.29, 1.82) is 0 Å². The lowest BCUT2D eigenvalue weighted by molar-refractivity contribution is -0.757. The summed E-state index contributed by atoms with van der Waals surface area (Å²) in [5, 5.41) is 31.2. The first-order valence-corrected chi connectivity index (χ1v) is 20.8. The van der Waals surface area contributed by atoms with Crippen LogP contribution in [-0.4, -0.2) is 104 Å². The minimum atomic E-state index is -1.04. The van der Waals surface area contributed by atoms with Crippen molar-refractivity contribution in [3.63, 3.8) is 0 Å². The molecule has 0 unspecified atom stereocenters. The van der Waals surface area contributed by atoms with Crippen LogP contribution in [0.2, 0.25) is 0 Å². The van der Waals surface area contributed by atoms with Gasteiger partial charge in [-0.2, -0.15) is 0 Å². The molecule has 0 radical (unpaired) electrons. The maximum absolute atomic E-state index is 13.0. The summed E-state index contributed by atoms with van der Waals surface area (Å²) in [6, 6.07) is 9.42. The lowest BCUT2D eigenvalue weighted by Crippen LogP contribution is -2.27. The van der Waals surface area contributed by atoms with Crippen molar-refractivity contribution in [2.45, 2.75) is 109 Å². The summed E-state index contributed by atoms with van der Waals surface area (Å²) in [5.74, 6) is -1.28. The Hall–Kier alpha value is -6.42. The zero-order chi connectivity index (χ0) is 46.1. The normalized spacial score (nSPS) is 17.3. The molecule has 0 heterocycles. The number of unbranched alkanes of at least 4 members (excludes halogenated alkanes) is 4. The number of ether oxygens (including phenoxy) is 6. The van der Waals surface area contributed by atoms with E-state index in [0.29, 0.717) is 45.1 Å². The first kappa shape index (κ1) is 52.7. The molecule has 23 nitrogen and oxygen atoms in total. The van der Waals surface area contributed by atoms with Crippen LogP contribution in [-0.2, 0) is 54.1 Å². The zero-order valence-corrected chi connectivity index (χ0v) is 35.3. The van der Waals surface area contributed by atoms with E-state index in [-0.39, 0.29) is 90.5 Å². The number of nitrogens with zero attached hydrogens (tertiary/aromatic N) is 3. The number of hydrogen-bond acceptors (Lipinski definition) is 19. The standard InChI is InChI=1S/C40H58N4O19/c1-2-41-37(45)19-9-4-3-8-18-33-34(23-22-32(21-20-31-16-6-5-7-17-31)61-38(46)55-24-10-13-27-58-42(49)50)36(63-40(48)57-26-12-15-29-60-44(53)54)30-35(33)62-39(47)56-25-11-14-28-59-43(51)52/h3,5-8,16-17,22-23,32-36H,2,4,9-15,18-21,24-30H2,1H3,(H,41,45)/t32-,33+,34+,35-,36+/m0/s1. The molecule has 23 heteroatoms. The van der Waals surface area contributed by atoms with Gasteiger partial charge in [0.1, 0.15) is 18.3 Å². The highest BCUT2D eigenvalue weighted by Crippen LogP contribution is 2.40. The van der Waals surface area contributed by atoms with Crippen molar-refractivity contribution in [3.05, 3.63) is 90.5 Å². The quantitative estimate of drug-likeness (QED) is 0.0194. The summed E-state index contributed by atoms with van der Waals surface area (Å²) in [4.78, 5) is 94.8. The van der Waals surface area contributed by atoms with E-state index in [1.165, 1.54) is 0 Å². The number of rotatable bonds is 33. The molecule has 1 aliphatic rings. The number of aryl methyl sites for hydroxylation is 1. The molecular weight excluding hydrogens is 840 g/mol. The minimum Gasteiger partial charge on any atom is -0.434 e. The van der Waals surface area contributed by atoms with Gasteiger partial charge in [-0.15, -0.1) is 30.3 Å². The Labute approximate surface area is 363 Å². The van der Waals surface area contributed by atoms with Crippen LogP contribution in [0.4, 0.5) is 14.4 Å². The van der Waals surface area contributed by atoms with Crippen LogP contribution in [0.1, 0.15) is 89.5 Å². The molecule has 1 fully saturated rings. The highest BCUT2D eigenvalue weighted by atomic mass is 17.0. The first-order chi connectivity index (χ1) is 30.4. The van der Waals surface area contributed by atoms with E-state index >= 15 is 0 Å². The number of hydrogen-bond donors (Lipinski definition) is 1. The highest BCUT2D eigenvalue weighted by Gasteiger charge is 2.46. The van der Waals surface area contributed by atoms with Crippen molar-refractivity contribution in [2.24, 2.45) is 11.8 Å². The molecule has 1 aliphatic carbocycles. The van der Waals surface area contributed by atoms with Crippen LogP contribution >= 0.6 is 0 Å². The second-order valence-corrected chi connectivity index (χ2v) is 14.0. The van der Waals surface area contributed by atoms with E-state index in [9.17, 15) is 49.5 Å². The van der Waals surface area contributed by atoms with E-state index < -0.39 is 63.9 Å². The van der Waals surface area contributed by atoms with Gasteiger partial charge in [0, 0.05) is 31.2 Å². The summed E-state index contributed by atoms with van der Waals surface area (Å²) in [6.07, 6.45) is 5.41. The van der Waals surface area contributed by atoms with Crippen LogP contribution < -0.4 is 5.32 Å². The average molecular weight is 899 g/mol. The summed E-state index contributed by atoms with van der Waals surface area (Å²) in [7, 11) is 0. The molecule has 1 N–H and O–H groups in total. The largest absolute Gasteiger partial charge is 0.508 e. The Morgan fingerprint density at radius 3 is 1.78 bits per heavy atom. The van der Waals surface area contributed by atoms with Gasteiger partial charge in [0.2, 0.25) is 5.91 Å². The fourth-order valence-electron chi connectivity index (χ4n) is 6.33. The molecule has 1 amide bonds. The predicted molar refractivity (Wildman–Crippen MR) is 217 cm³/mol. The molecule has 0 aliphatic heterocycles. The molecule has 1 aromatic rings. The number of carbonyl (C=O) groups is 4. The fourth-order valence-corrected chi connectivity index (χ4v) is 6.33. The van der Waals surface area contributed by atoms with Crippen molar-refractivity contribution >= 4 is 24.4 Å². The van der Waals surface area contributed by atoms with Crippen LogP contribution in [0, 0.1) is 42.2 Å². The molecule has 0 saturated heterocycles. The third kappa shape index (κ3) is 25.8. The van der Waals surface area contributed by atoms with Gasteiger partial charge in [-0.3, -0.25) is 4.79 Å². The van der Waals surface area contributed by atoms with Crippen molar-refractivity contribution in [2.75, 3.05) is 46.2 Å². The van der Waals surface area contributed by atoms with Crippen LogP contribution in [0.15, 0.2) is 54.6 Å². The SMILES string of the molecule is CCNC(=O)CCCC=CC[C@@H]1[C@@H](C=C[C@H](CCc2ccccc2)OC(=O)OCCCCO[N+](=O)[O-])[C@H](OC(=O)OCCCCO[N+](=O)[O-])C[C@@H]1OC(=O)OCCCCO[N+](=O)[O-]. The second kappa shape index (κ2) is 32.3. The van der Waals surface area contributed by atoms with Crippen molar-refractivity contribution in [3.8, 4) is 0 Å². The topological polar surface area (TPSA) is 293 Å². The Morgan fingerprint density at radius 2 is 1.24 bits per heavy atom. The lowest BCUT2D eigenvalue weighted by Gasteiger charge is -2.24. The summed E-state index contributed by atoms with van der Waals surface area (Å²) < 4.78 is 33.0. The van der Waals surface area contributed by atoms with Gasteiger partial charge in [-0.1, -0.05) is 48.6 Å². The number of allylic oxidation sites excluding steroid dienone is 2. The Balaban J connectivity index is 2.34. The van der Waals surface area contributed by atoms with Crippen LogP contribution in [0.5, 0.6) is 0 Å². The molecule has 0 bridgehead atoms. The Morgan fingerprint density at radius 1 is 0.714 bits per heavy atom.